The minimum absolute atomic E-state index is 0.424. The lowest BCUT2D eigenvalue weighted by molar-refractivity contribution is 1.53. The normalized spacial score (nSPS) is 8.67. The molecule has 2 heteroatoms. The Morgan fingerprint density at radius 2 is 2.50 bits per heavy atom. The summed E-state index contributed by atoms with van der Waals surface area (Å²) < 4.78 is 0. The zero-order valence-corrected chi connectivity index (χ0v) is 3.94. The molecule has 0 aromatic carbocycles. The largest absolute Gasteiger partial charge is 0.193 e. The molecule has 1 nitrogen and oxygen atoms in total. The summed E-state index contributed by atoms with van der Waals surface area (Å²) in [4.78, 5) is 0. The molecule has 0 amide bonds. The van der Waals surface area contributed by atoms with E-state index in [0.717, 1.165) is 0 Å². The van der Waals surface area contributed by atoms with E-state index in [4.69, 9.17) is 16.9 Å². The predicted octanol–water partition coefficient (Wildman–Crippen LogP) is 1.30. The van der Waals surface area contributed by atoms with Gasteiger partial charge in [-0.15, -0.1) is 11.6 Å². The van der Waals surface area contributed by atoms with Crippen LogP contribution >= 0.6 is 11.6 Å². The fourth-order valence-corrected chi connectivity index (χ4v) is 0.186. The summed E-state index contributed by atoms with van der Waals surface area (Å²) in [5, 5.41) is 7.80. The van der Waals surface area contributed by atoms with Crippen LogP contribution in [0.25, 0.3) is 0 Å². The summed E-state index contributed by atoms with van der Waals surface area (Å²) in [5.41, 5.74) is 0. The van der Waals surface area contributed by atoms with Gasteiger partial charge in [-0.05, 0) is 0 Å². The van der Waals surface area contributed by atoms with Gasteiger partial charge in [0, 0.05) is 12.0 Å². The first-order valence-corrected chi connectivity index (χ1v) is 2.06. The molecule has 0 fully saturated rings. The maximum absolute atomic E-state index is 7.80. The fourth-order valence-electron chi connectivity index (χ4n) is 0.0972. The monoisotopic (exact) mass is 101 g/mol. The van der Waals surface area contributed by atoms with Crippen LogP contribution in [-0.2, 0) is 0 Å². The molecule has 0 saturated heterocycles. The number of hydrogen-bond acceptors (Lipinski definition) is 1. The first-order chi connectivity index (χ1) is 2.91. The lowest BCUT2D eigenvalue weighted by Gasteiger charge is -1.61. The molecule has 0 N–H and O–H groups in total. The van der Waals surface area contributed by atoms with Crippen LogP contribution in [0.3, 0.4) is 0 Å². The Morgan fingerprint density at radius 1 is 1.83 bits per heavy atom. The maximum atomic E-state index is 7.80. The molecule has 0 aromatic rings. The minimum Gasteiger partial charge on any atom is -0.193 e. The highest BCUT2D eigenvalue weighted by atomic mass is 35.5. The van der Waals surface area contributed by atoms with Crippen molar-refractivity contribution in [2.75, 3.05) is 5.88 Å². The number of halogens is 1. The molecule has 32 valence electrons. The van der Waals surface area contributed by atoms with Crippen LogP contribution in [0.15, 0.2) is 12.2 Å². The Morgan fingerprint density at radius 3 is 2.67 bits per heavy atom. The van der Waals surface area contributed by atoms with Crippen LogP contribution < -0.4 is 0 Å². The van der Waals surface area contributed by atoms with E-state index in [1.54, 1.807) is 12.1 Å². The third kappa shape index (κ3) is 3.52. The predicted molar refractivity (Wildman–Crippen MR) is 25.5 cm³/mol. The number of nitrogens with zero attached hydrogens (tertiary/aromatic N) is 1. The van der Waals surface area contributed by atoms with E-state index in [0.29, 0.717) is 5.88 Å². The van der Waals surface area contributed by atoms with Gasteiger partial charge in [-0.1, -0.05) is 6.08 Å². The zero-order chi connectivity index (χ0) is 4.83. The van der Waals surface area contributed by atoms with E-state index in [1.165, 1.54) is 6.08 Å². The Bertz CT molecular complexity index is 80.0. The van der Waals surface area contributed by atoms with E-state index >= 15 is 0 Å². The number of alkyl halides is 1. The van der Waals surface area contributed by atoms with Gasteiger partial charge in [-0.3, -0.25) is 0 Å². The van der Waals surface area contributed by atoms with E-state index in [2.05, 4.69) is 0 Å². The molecule has 0 spiro atoms. The van der Waals surface area contributed by atoms with Gasteiger partial charge in [0.15, 0.2) is 0 Å². The molecule has 0 aliphatic rings. The minimum atomic E-state index is 0.424. The average molecular weight is 102 g/mol. The van der Waals surface area contributed by atoms with Crippen molar-refractivity contribution in [1.82, 2.24) is 0 Å². The van der Waals surface area contributed by atoms with E-state index in [1.807, 2.05) is 0 Å². The van der Waals surface area contributed by atoms with Crippen molar-refractivity contribution in [1.29, 1.82) is 5.26 Å². The maximum Gasteiger partial charge on any atom is 0.0909 e. The average Bonchev–Trinajstić information content (AvgIpc) is 1.61. The van der Waals surface area contributed by atoms with Gasteiger partial charge in [-0.2, -0.15) is 5.26 Å². The fraction of sp³-hybridized carbons (Fsp3) is 0.250. The van der Waals surface area contributed by atoms with Crippen LogP contribution in [0.4, 0.5) is 0 Å². The van der Waals surface area contributed by atoms with Crippen molar-refractivity contribution in [3.63, 3.8) is 0 Å². The molecule has 0 aliphatic heterocycles. The van der Waals surface area contributed by atoms with Gasteiger partial charge < -0.3 is 0 Å². The van der Waals surface area contributed by atoms with Crippen molar-refractivity contribution >= 4 is 11.6 Å². The number of allylic oxidation sites excluding steroid dienone is 2. The summed E-state index contributed by atoms with van der Waals surface area (Å²) >= 11 is 5.14. The molecular formula is C4H4ClN. The standard InChI is InChI=1S/C4H4ClN/c5-3-1-2-4-6/h1-2H,3H2/b2-1+. The van der Waals surface area contributed by atoms with Crippen LogP contribution in [0.1, 0.15) is 0 Å². The van der Waals surface area contributed by atoms with Crippen LogP contribution in [0.5, 0.6) is 0 Å². The summed E-state index contributed by atoms with van der Waals surface area (Å²) in [6.07, 6.45) is 2.94. The third-order valence-electron chi connectivity index (χ3n) is 0.281. The van der Waals surface area contributed by atoms with Gasteiger partial charge in [0.05, 0.1) is 6.07 Å². The summed E-state index contributed by atoms with van der Waals surface area (Å²) in [6.45, 7) is 0. The summed E-state index contributed by atoms with van der Waals surface area (Å²) in [6, 6.07) is 1.80. The molecule has 0 bridgehead atoms. The van der Waals surface area contributed by atoms with Gasteiger partial charge in [-0.25, -0.2) is 0 Å². The Labute approximate surface area is 41.8 Å². The number of rotatable bonds is 1. The molecule has 0 atom stereocenters. The van der Waals surface area contributed by atoms with Gasteiger partial charge in [0.2, 0.25) is 0 Å². The highest BCUT2D eigenvalue weighted by Gasteiger charge is 1.59. The summed E-state index contributed by atoms with van der Waals surface area (Å²) in [5.74, 6) is 0.424. The lowest BCUT2D eigenvalue weighted by atomic mass is 10.6. The highest BCUT2D eigenvalue weighted by molar-refractivity contribution is 6.18. The van der Waals surface area contributed by atoms with Crippen molar-refractivity contribution in [2.45, 2.75) is 0 Å². The molecule has 0 rings (SSSR count). The van der Waals surface area contributed by atoms with Gasteiger partial charge in [0.25, 0.3) is 0 Å². The van der Waals surface area contributed by atoms with E-state index in [-0.39, 0.29) is 0 Å². The first kappa shape index (κ1) is 5.52. The van der Waals surface area contributed by atoms with Crippen molar-refractivity contribution < 1.29 is 0 Å². The summed E-state index contributed by atoms with van der Waals surface area (Å²) in [7, 11) is 0. The second kappa shape index (κ2) is 4.52. The molecule has 0 radical (unpaired) electrons. The number of hydrogen-bond donors (Lipinski definition) is 0. The Balaban J connectivity index is 3.02. The second-order valence-corrected chi connectivity index (χ2v) is 0.994. The van der Waals surface area contributed by atoms with Crippen LogP contribution in [-0.4, -0.2) is 5.88 Å². The van der Waals surface area contributed by atoms with Gasteiger partial charge >= 0.3 is 0 Å². The molecule has 0 unspecified atom stereocenters. The quantitative estimate of drug-likeness (QED) is 0.361. The van der Waals surface area contributed by atoms with Crippen molar-refractivity contribution in [2.24, 2.45) is 0 Å². The third-order valence-corrected chi connectivity index (χ3v) is 0.460. The zero-order valence-electron chi connectivity index (χ0n) is 3.19. The van der Waals surface area contributed by atoms with Crippen LogP contribution in [0, 0.1) is 11.3 Å². The molecule has 6 heavy (non-hydrogen) atoms. The second-order valence-electron chi connectivity index (χ2n) is 0.686. The van der Waals surface area contributed by atoms with Gasteiger partial charge in [0.1, 0.15) is 0 Å². The lowest BCUT2D eigenvalue weighted by Crippen LogP contribution is -1.53. The van der Waals surface area contributed by atoms with Crippen LogP contribution in [0.2, 0.25) is 0 Å². The Hall–Kier alpha value is -0.480. The molecule has 0 aliphatic carbocycles. The highest BCUT2D eigenvalue weighted by Crippen LogP contribution is 1.73. The smallest absolute Gasteiger partial charge is 0.0909 e. The molecule has 0 saturated carbocycles. The Kier molecular flexibility index (Phi) is 4.16. The van der Waals surface area contributed by atoms with Crippen molar-refractivity contribution in [3.05, 3.63) is 12.2 Å². The first-order valence-electron chi connectivity index (χ1n) is 1.52. The topological polar surface area (TPSA) is 23.8 Å². The molecule has 0 heterocycles. The van der Waals surface area contributed by atoms with E-state index in [9.17, 15) is 0 Å². The molecular weight excluding hydrogens is 97.5 g/mol. The molecule has 0 aromatic heterocycles. The number of nitriles is 1. The van der Waals surface area contributed by atoms with Crippen molar-refractivity contribution in [3.8, 4) is 6.07 Å². The SMILES string of the molecule is N#C/C=C/CCl. The van der Waals surface area contributed by atoms with E-state index < -0.39 is 0 Å².